The summed E-state index contributed by atoms with van der Waals surface area (Å²) < 4.78 is 0. The fourth-order valence-corrected chi connectivity index (χ4v) is 1.75. The molecule has 1 N–H and O–H groups in total. The summed E-state index contributed by atoms with van der Waals surface area (Å²) in [6, 6.07) is 0. The van der Waals surface area contributed by atoms with E-state index in [0.29, 0.717) is 11.8 Å². The maximum absolute atomic E-state index is 12.0. The van der Waals surface area contributed by atoms with Crippen LogP contribution in [0.3, 0.4) is 0 Å². The molecule has 90 valence electrons. The van der Waals surface area contributed by atoms with Gasteiger partial charge in [-0.1, -0.05) is 27.7 Å². The summed E-state index contributed by atoms with van der Waals surface area (Å²) in [5, 5.41) is 2.97. The lowest BCUT2D eigenvalue weighted by molar-refractivity contribution is -0.131. The predicted octanol–water partition coefficient (Wildman–Crippen LogP) is 3.17. The molecule has 0 radical (unpaired) electrons. The van der Waals surface area contributed by atoms with Gasteiger partial charge in [-0.05, 0) is 12.8 Å². The highest BCUT2D eigenvalue weighted by Crippen LogP contribution is 2.23. The van der Waals surface area contributed by atoms with Crippen molar-refractivity contribution in [3.63, 3.8) is 0 Å². The van der Waals surface area contributed by atoms with Crippen LogP contribution >= 0.6 is 23.2 Å². The van der Waals surface area contributed by atoms with Gasteiger partial charge in [0.2, 0.25) is 5.91 Å². The Bertz CT molecular complexity index is 204. The molecule has 0 saturated heterocycles. The van der Waals surface area contributed by atoms with Crippen molar-refractivity contribution in [2.45, 2.75) is 46.1 Å². The quantitative estimate of drug-likeness (QED) is 0.725. The van der Waals surface area contributed by atoms with Gasteiger partial charge in [-0.25, -0.2) is 0 Å². The second kappa shape index (κ2) is 5.95. The largest absolute Gasteiger partial charge is 0.348 e. The van der Waals surface area contributed by atoms with Crippen LogP contribution in [0.4, 0.5) is 0 Å². The average molecular weight is 254 g/mol. The van der Waals surface area contributed by atoms with Crippen LogP contribution in [0.15, 0.2) is 0 Å². The molecule has 0 aromatic heterocycles. The third-order valence-electron chi connectivity index (χ3n) is 3.07. The van der Waals surface area contributed by atoms with Gasteiger partial charge in [0.25, 0.3) is 0 Å². The molecule has 0 unspecified atom stereocenters. The molecule has 0 spiro atoms. The molecule has 0 bridgehead atoms. The molecule has 2 nitrogen and oxygen atoms in total. The first-order chi connectivity index (χ1) is 6.87. The fourth-order valence-electron chi connectivity index (χ4n) is 0.950. The lowest BCUT2D eigenvalue weighted by atomic mass is 9.87. The van der Waals surface area contributed by atoms with Crippen LogP contribution in [0, 0.1) is 5.41 Å². The molecular weight excluding hydrogens is 233 g/mol. The lowest BCUT2D eigenvalue weighted by Crippen LogP contribution is -2.54. The first kappa shape index (κ1) is 15.0. The zero-order valence-corrected chi connectivity index (χ0v) is 11.5. The minimum Gasteiger partial charge on any atom is -0.348 e. The standard InChI is InChI=1S/C11H21Cl2NO/c1-5-10(3,4)9(15)14-11(6-2,7-12)8-13/h5-8H2,1-4H3,(H,14,15). The van der Waals surface area contributed by atoms with Crippen molar-refractivity contribution >= 4 is 29.1 Å². The van der Waals surface area contributed by atoms with Crippen molar-refractivity contribution < 1.29 is 4.79 Å². The van der Waals surface area contributed by atoms with Gasteiger partial charge in [-0.2, -0.15) is 0 Å². The highest BCUT2D eigenvalue weighted by molar-refractivity contribution is 6.22. The van der Waals surface area contributed by atoms with Gasteiger partial charge in [0, 0.05) is 17.2 Å². The number of carbonyl (C=O) groups excluding carboxylic acids is 1. The van der Waals surface area contributed by atoms with Crippen LogP contribution in [0.2, 0.25) is 0 Å². The van der Waals surface area contributed by atoms with E-state index >= 15 is 0 Å². The van der Waals surface area contributed by atoms with Crippen molar-refractivity contribution in [1.82, 2.24) is 5.32 Å². The molecule has 0 fully saturated rings. The number of nitrogens with one attached hydrogen (secondary N) is 1. The van der Waals surface area contributed by atoms with E-state index < -0.39 is 5.54 Å². The van der Waals surface area contributed by atoms with Crippen LogP contribution in [0.1, 0.15) is 40.5 Å². The summed E-state index contributed by atoms with van der Waals surface area (Å²) in [5.74, 6) is 0.713. The van der Waals surface area contributed by atoms with Crippen LogP contribution in [0.5, 0.6) is 0 Å². The zero-order chi connectivity index (χ0) is 12.1. The molecule has 0 rings (SSSR count). The van der Waals surface area contributed by atoms with Gasteiger partial charge in [0.15, 0.2) is 0 Å². The van der Waals surface area contributed by atoms with E-state index in [0.717, 1.165) is 12.8 Å². The van der Waals surface area contributed by atoms with Gasteiger partial charge >= 0.3 is 0 Å². The molecule has 4 heteroatoms. The molecule has 0 aliphatic rings. The summed E-state index contributed by atoms with van der Waals surface area (Å²) in [5.41, 5.74) is -0.828. The van der Waals surface area contributed by atoms with E-state index in [1.165, 1.54) is 0 Å². The summed E-state index contributed by atoms with van der Waals surface area (Å²) in [4.78, 5) is 12.0. The Labute approximate surface area is 103 Å². The van der Waals surface area contributed by atoms with Crippen LogP contribution in [0.25, 0.3) is 0 Å². The fraction of sp³-hybridized carbons (Fsp3) is 0.909. The molecule has 0 aliphatic carbocycles. The Morgan fingerprint density at radius 2 is 1.60 bits per heavy atom. The smallest absolute Gasteiger partial charge is 0.226 e. The second-order valence-electron chi connectivity index (χ2n) is 4.59. The van der Waals surface area contributed by atoms with Gasteiger partial charge < -0.3 is 5.32 Å². The molecule has 0 aliphatic heterocycles. The second-order valence-corrected chi connectivity index (χ2v) is 5.13. The van der Waals surface area contributed by atoms with E-state index in [-0.39, 0.29) is 11.3 Å². The number of hydrogen-bond acceptors (Lipinski definition) is 1. The molecule has 0 heterocycles. The first-order valence-electron chi connectivity index (χ1n) is 5.32. The van der Waals surface area contributed by atoms with Crippen LogP contribution in [-0.2, 0) is 4.79 Å². The number of hydrogen-bond donors (Lipinski definition) is 1. The van der Waals surface area contributed by atoms with Crippen LogP contribution < -0.4 is 5.32 Å². The molecule has 0 atom stereocenters. The minimum atomic E-state index is -0.466. The van der Waals surface area contributed by atoms with E-state index in [4.69, 9.17) is 23.2 Å². The maximum atomic E-state index is 12.0. The summed E-state index contributed by atoms with van der Waals surface area (Å²) in [7, 11) is 0. The summed E-state index contributed by atoms with van der Waals surface area (Å²) in [6.45, 7) is 7.81. The number of rotatable bonds is 6. The van der Waals surface area contributed by atoms with Crippen molar-refractivity contribution in [2.75, 3.05) is 11.8 Å². The number of carbonyl (C=O) groups is 1. The van der Waals surface area contributed by atoms with Gasteiger partial charge in [-0.3, -0.25) is 4.79 Å². The summed E-state index contributed by atoms with van der Waals surface area (Å²) >= 11 is 11.7. The normalized spacial score (nSPS) is 12.7. The Balaban J connectivity index is 4.62. The Morgan fingerprint density at radius 1 is 1.13 bits per heavy atom. The summed E-state index contributed by atoms with van der Waals surface area (Å²) in [6.07, 6.45) is 1.54. The van der Waals surface area contributed by atoms with E-state index in [9.17, 15) is 4.79 Å². The van der Waals surface area contributed by atoms with Crippen molar-refractivity contribution in [3.05, 3.63) is 0 Å². The number of halogens is 2. The Kier molecular flexibility index (Phi) is 5.97. The monoisotopic (exact) mass is 253 g/mol. The Hall–Kier alpha value is 0.0500. The minimum absolute atomic E-state index is 0.0214. The predicted molar refractivity (Wildman–Crippen MR) is 66.7 cm³/mol. The van der Waals surface area contributed by atoms with Crippen molar-refractivity contribution in [2.24, 2.45) is 5.41 Å². The highest BCUT2D eigenvalue weighted by Gasteiger charge is 2.34. The molecule has 15 heavy (non-hydrogen) atoms. The molecule has 1 amide bonds. The third-order valence-corrected chi connectivity index (χ3v) is 4.09. The highest BCUT2D eigenvalue weighted by atomic mass is 35.5. The van der Waals surface area contributed by atoms with Gasteiger partial charge in [0.05, 0.1) is 5.54 Å². The van der Waals surface area contributed by atoms with Crippen LogP contribution in [-0.4, -0.2) is 23.2 Å². The molecule has 0 aromatic carbocycles. The van der Waals surface area contributed by atoms with Crippen molar-refractivity contribution in [3.8, 4) is 0 Å². The zero-order valence-electron chi connectivity index (χ0n) is 9.99. The first-order valence-corrected chi connectivity index (χ1v) is 6.39. The van der Waals surface area contributed by atoms with E-state index in [1.54, 1.807) is 0 Å². The number of alkyl halides is 2. The van der Waals surface area contributed by atoms with Gasteiger partial charge in [-0.15, -0.1) is 23.2 Å². The van der Waals surface area contributed by atoms with E-state index in [1.807, 2.05) is 27.7 Å². The average Bonchev–Trinajstić information content (AvgIpc) is 2.25. The maximum Gasteiger partial charge on any atom is 0.226 e. The molecule has 0 aromatic rings. The number of amides is 1. The molecular formula is C11H21Cl2NO. The van der Waals surface area contributed by atoms with E-state index in [2.05, 4.69) is 5.32 Å². The Morgan fingerprint density at radius 3 is 1.87 bits per heavy atom. The topological polar surface area (TPSA) is 29.1 Å². The SMILES string of the molecule is CCC(CCl)(CCl)NC(=O)C(C)(C)CC. The third kappa shape index (κ3) is 3.84. The van der Waals surface area contributed by atoms with Gasteiger partial charge in [0.1, 0.15) is 0 Å². The van der Waals surface area contributed by atoms with Crippen molar-refractivity contribution in [1.29, 1.82) is 0 Å². The lowest BCUT2D eigenvalue weighted by Gasteiger charge is -2.33. The molecule has 0 saturated carbocycles.